The first-order valence-corrected chi connectivity index (χ1v) is 8.36. The number of aromatic nitrogens is 2. The van der Waals surface area contributed by atoms with E-state index in [0.717, 1.165) is 12.8 Å². The minimum absolute atomic E-state index is 0.175. The van der Waals surface area contributed by atoms with Crippen LogP contribution < -0.4 is 16.2 Å². The number of anilines is 1. The molecular formula is C17H28N4O2. The predicted molar refractivity (Wildman–Crippen MR) is 93.7 cm³/mol. The van der Waals surface area contributed by atoms with Gasteiger partial charge in [0.15, 0.2) is 0 Å². The number of rotatable bonds is 10. The van der Waals surface area contributed by atoms with Gasteiger partial charge >= 0.3 is 6.03 Å². The van der Waals surface area contributed by atoms with E-state index in [2.05, 4.69) is 39.7 Å². The summed E-state index contributed by atoms with van der Waals surface area (Å²) in [6, 6.07) is 1.03. The van der Waals surface area contributed by atoms with Crippen LogP contribution in [0.2, 0.25) is 0 Å². The van der Waals surface area contributed by atoms with Gasteiger partial charge in [-0.05, 0) is 33.1 Å². The third-order valence-electron chi connectivity index (χ3n) is 3.42. The van der Waals surface area contributed by atoms with Gasteiger partial charge in [-0.25, -0.2) is 9.78 Å². The van der Waals surface area contributed by atoms with E-state index in [0.29, 0.717) is 12.2 Å². The van der Waals surface area contributed by atoms with Crippen LogP contribution in [0.5, 0.6) is 0 Å². The minimum Gasteiger partial charge on any atom is -0.338 e. The highest BCUT2D eigenvalue weighted by Crippen LogP contribution is 2.07. The maximum atomic E-state index is 11.7. The lowest BCUT2D eigenvalue weighted by Crippen LogP contribution is -2.31. The standard InChI is InChI=1S/C17H28N4O2/c1-3-4-5-6-7-8-9-10-11-12-18-17(23)21-16-19-14(2)13-15(22)20-16/h3-4,13H,5-12H2,1-2H3,(H3,18,19,20,21,22,23). The molecule has 0 atom stereocenters. The number of amides is 2. The maximum Gasteiger partial charge on any atom is 0.321 e. The number of aromatic amines is 1. The highest BCUT2D eigenvalue weighted by Gasteiger charge is 2.03. The number of nitrogens with zero attached hydrogens (tertiary/aromatic N) is 1. The van der Waals surface area contributed by atoms with Crippen LogP contribution in [0, 0.1) is 6.92 Å². The number of aryl methyl sites for hydroxylation is 1. The number of allylic oxidation sites excluding steroid dienone is 2. The molecule has 1 aromatic heterocycles. The van der Waals surface area contributed by atoms with Gasteiger partial charge in [0.05, 0.1) is 0 Å². The number of unbranched alkanes of at least 4 members (excludes halogenated alkanes) is 6. The van der Waals surface area contributed by atoms with Crippen molar-refractivity contribution >= 4 is 12.0 Å². The van der Waals surface area contributed by atoms with Crippen LogP contribution in [0.3, 0.4) is 0 Å². The Morgan fingerprint density at radius 2 is 1.91 bits per heavy atom. The molecule has 23 heavy (non-hydrogen) atoms. The smallest absolute Gasteiger partial charge is 0.321 e. The number of carbonyl (C=O) groups is 1. The summed E-state index contributed by atoms with van der Waals surface area (Å²) in [4.78, 5) is 29.5. The fourth-order valence-corrected chi connectivity index (χ4v) is 2.25. The molecule has 0 aliphatic carbocycles. The van der Waals surface area contributed by atoms with Gasteiger partial charge in [0, 0.05) is 18.3 Å². The summed E-state index contributed by atoms with van der Waals surface area (Å²) in [5.41, 5.74) is 0.292. The van der Waals surface area contributed by atoms with Gasteiger partial charge in [-0.1, -0.05) is 37.8 Å². The Morgan fingerprint density at radius 1 is 1.22 bits per heavy atom. The number of hydrogen-bond acceptors (Lipinski definition) is 3. The molecule has 0 fully saturated rings. The molecule has 128 valence electrons. The van der Waals surface area contributed by atoms with E-state index in [-0.39, 0.29) is 17.5 Å². The Balaban J connectivity index is 2.05. The molecule has 0 radical (unpaired) electrons. The summed E-state index contributed by atoms with van der Waals surface area (Å²) in [6.45, 7) is 4.38. The van der Waals surface area contributed by atoms with Crippen LogP contribution >= 0.6 is 0 Å². The SMILES string of the molecule is CC=CCCCCCCCCNC(=O)Nc1nc(C)cc(=O)[nH]1. The Morgan fingerprint density at radius 3 is 2.61 bits per heavy atom. The molecule has 0 unspecified atom stereocenters. The van der Waals surface area contributed by atoms with Gasteiger partial charge in [0.25, 0.3) is 5.56 Å². The normalized spacial score (nSPS) is 10.9. The van der Waals surface area contributed by atoms with Crippen LogP contribution in [0.4, 0.5) is 10.7 Å². The van der Waals surface area contributed by atoms with Crippen molar-refractivity contribution in [3.8, 4) is 0 Å². The van der Waals surface area contributed by atoms with E-state index >= 15 is 0 Å². The summed E-state index contributed by atoms with van der Waals surface area (Å²) < 4.78 is 0. The number of H-pyrrole nitrogens is 1. The molecule has 0 saturated carbocycles. The molecule has 0 spiro atoms. The number of hydrogen-bond donors (Lipinski definition) is 3. The zero-order valence-electron chi connectivity index (χ0n) is 14.2. The molecule has 3 N–H and O–H groups in total. The van der Waals surface area contributed by atoms with E-state index in [9.17, 15) is 9.59 Å². The van der Waals surface area contributed by atoms with E-state index in [1.54, 1.807) is 6.92 Å². The van der Waals surface area contributed by atoms with Gasteiger partial charge in [0.2, 0.25) is 5.95 Å². The van der Waals surface area contributed by atoms with Crippen molar-refractivity contribution in [2.45, 2.75) is 58.8 Å². The second-order valence-corrected chi connectivity index (χ2v) is 5.60. The van der Waals surface area contributed by atoms with Crippen molar-refractivity contribution in [2.75, 3.05) is 11.9 Å². The first-order valence-electron chi connectivity index (χ1n) is 8.36. The first kappa shape index (κ1) is 18.9. The molecule has 1 aromatic rings. The second-order valence-electron chi connectivity index (χ2n) is 5.60. The second kappa shape index (κ2) is 11.5. The Labute approximate surface area is 137 Å². The van der Waals surface area contributed by atoms with E-state index < -0.39 is 0 Å². The van der Waals surface area contributed by atoms with Crippen LogP contribution in [-0.2, 0) is 0 Å². The summed E-state index contributed by atoms with van der Waals surface area (Å²) in [6.07, 6.45) is 12.5. The van der Waals surface area contributed by atoms with Crippen LogP contribution in [0.25, 0.3) is 0 Å². The summed E-state index contributed by atoms with van der Waals surface area (Å²) >= 11 is 0. The van der Waals surface area contributed by atoms with Crippen molar-refractivity contribution < 1.29 is 4.79 Å². The predicted octanol–water partition coefficient (Wildman–Crippen LogP) is 3.51. The van der Waals surface area contributed by atoms with Gasteiger partial charge in [-0.3, -0.25) is 15.1 Å². The summed E-state index contributed by atoms with van der Waals surface area (Å²) in [7, 11) is 0. The highest BCUT2D eigenvalue weighted by atomic mass is 16.2. The molecule has 0 aliphatic rings. The van der Waals surface area contributed by atoms with Gasteiger partial charge < -0.3 is 5.32 Å². The summed E-state index contributed by atoms with van der Waals surface area (Å²) in [5, 5.41) is 5.30. The van der Waals surface area contributed by atoms with E-state index in [1.807, 2.05) is 0 Å². The third kappa shape index (κ3) is 9.50. The lowest BCUT2D eigenvalue weighted by atomic mass is 10.1. The molecule has 0 bridgehead atoms. The average Bonchev–Trinajstić information content (AvgIpc) is 2.48. The topological polar surface area (TPSA) is 86.9 Å². The molecule has 6 nitrogen and oxygen atoms in total. The molecule has 0 saturated heterocycles. The fourth-order valence-electron chi connectivity index (χ4n) is 2.25. The van der Waals surface area contributed by atoms with Crippen LogP contribution in [-0.4, -0.2) is 22.5 Å². The van der Waals surface area contributed by atoms with E-state index in [1.165, 1.54) is 38.2 Å². The van der Waals surface area contributed by atoms with Crippen LogP contribution in [0.1, 0.15) is 57.6 Å². The van der Waals surface area contributed by atoms with Crippen molar-refractivity contribution in [3.05, 3.63) is 34.3 Å². The molecule has 0 aromatic carbocycles. The van der Waals surface area contributed by atoms with E-state index in [4.69, 9.17) is 0 Å². The molecule has 0 aliphatic heterocycles. The monoisotopic (exact) mass is 320 g/mol. The summed E-state index contributed by atoms with van der Waals surface area (Å²) in [5.74, 6) is 0.175. The fraction of sp³-hybridized carbons (Fsp3) is 0.588. The molecule has 2 amide bonds. The van der Waals surface area contributed by atoms with Crippen molar-refractivity contribution in [2.24, 2.45) is 0 Å². The number of carbonyl (C=O) groups excluding carboxylic acids is 1. The zero-order chi connectivity index (χ0) is 16.9. The molecule has 1 heterocycles. The maximum absolute atomic E-state index is 11.7. The number of nitrogens with one attached hydrogen (secondary N) is 3. The van der Waals surface area contributed by atoms with Gasteiger partial charge in [0.1, 0.15) is 0 Å². The molecule has 1 rings (SSSR count). The highest BCUT2D eigenvalue weighted by molar-refractivity contribution is 5.87. The molecule has 6 heteroatoms. The van der Waals surface area contributed by atoms with Crippen molar-refractivity contribution in [3.63, 3.8) is 0 Å². The zero-order valence-corrected chi connectivity index (χ0v) is 14.2. The van der Waals surface area contributed by atoms with Gasteiger partial charge in [-0.2, -0.15) is 0 Å². The third-order valence-corrected chi connectivity index (χ3v) is 3.42. The quantitative estimate of drug-likeness (QED) is 0.455. The van der Waals surface area contributed by atoms with Crippen molar-refractivity contribution in [1.82, 2.24) is 15.3 Å². The average molecular weight is 320 g/mol. The lowest BCUT2D eigenvalue weighted by molar-refractivity contribution is 0.251. The Hall–Kier alpha value is -2.11. The lowest BCUT2D eigenvalue weighted by Gasteiger charge is -2.07. The molecular weight excluding hydrogens is 292 g/mol. The minimum atomic E-state index is -0.342. The van der Waals surface area contributed by atoms with Gasteiger partial charge in [-0.15, -0.1) is 0 Å². The Kier molecular flexibility index (Phi) is 9.43. The van der Waals surface area contributed by atoms with Crippen LogP contribution in [0.15, 0.2) is 23.0 Å². The van der Waals surface area contributed by atoms with Crippen molar-refractivity contribution in [1.29, 1.82) is 0 Å². The first-order chi connectivity index (χ1) is 11.1. The Bertz CT molecular complexity index is 552. The number of urea groups is 1. The largest absolute Gasteiger partial charge is 0.338 e.